The Morgan fingerprint density at radius 2 is 0.582 bits per heavy atom. The molecule has 1 atom stereocenters. The third-order valence-electron chi connectivity index (χ3n) is 10.9. The Bertz CT molecular complexity index is 1440. The number of unbranched alkanes of at least 4 members (excludes halogenated alkanes) is 16. The molecule has 0 bridgehead atoms. The van der Waals surface area contributed by atoms with Gasteiger partial charge in [-0.2, -0.15) is 0 Å². The number of carbonyl (C=O) groups excluding carboxylic acids is 3. The molecule has 0 radical (unpaired) electrons. The molecule has 0 rings (SSSR count). The van der Waals surface area contributed by atoms with Crippen LogP contribution in [0.3, 0.4) is 0 Å². The summed E-state index contributed by atoms with van der Waals surface area (Å²) in [6.45, 7) is 6.32. The van der Waals surface area contributed by atoms with Crippen molar-refractivity contribution in [3.8, 4) is 0 Å². The molecule has 67 heavy (non-hydrogen) atoms. The maximum Gasteiger partial charge on any atom is 0.306 e. The van der Waals surface area contributed by atoms with Gasteiger partial charge in [-0.05, 0) is 128 Å². The van der Waals surface area contributed by atoms with E-state index in [2.05, 4.69) is 142 Å². The Morgan fingerprint density at radius 1 is 0.313 bits per heavy atom. The van der Waals surface area contributed by atoms with Gasteiger partial charge in [0, 0.05) is 19.3 Å². The maximum absolute atomic E-state index is 12.8. The summed E-state index contributed by atoms with van der Waals surface area (Å²) in [6, 6.07) is 0. The van der Waals surface area contributed by atoms with Crippen LogP contribution in [0.1, 0.15) is 226 Å². The van der Waals surface area contributed by atoms with E-state index in [0.717, 1.165) is 161 Å². The van der Waals surface area contributed by atoms with Crippen LogP contribution in [0.4, 0.5) is 0 Å². The molecule has 0 saturated carbocycles. The third-order valence-corrected chi connectivity index (χ3v) is 10.9. The first-order chi connectivity index (χ1) is 33.0. The predicted molar refractivity (Wildman–Crippen MR) is 288 cm³/mol. The Balaban J connectivity index is 4.52. The zero-order chi connectivity index (χ0) is 48.6. The van der Waals surface area contributed by atoms with Gasteiger partial charge in [0.15, 0.2) is 6.10 Å². The third kappa shape index (κ3) is 52.6. The van der Waals surface area contributed by atoms with Crippen molar-refractivity contribution in [2.24, 2.45) is 0 Å². The summed E-state index contributed by atoms with van der Waals surface area (Å²) in [5.41, 5.74) is 0. The minimum atomic E-state index is -0.810. The van der Waals surface area contributed by atoms with E-state index in [4.69, 9.17) is 14.2 Å². The highest BCUT2D eigenvalue weighted by atomic mass is 16.6. The van der Waals surface area contributed by atoms with Crippen LogP contribution in [-0.2, 0) is 28.6 Å². The fourth-order valence-electron chi connectivity index (χ4n) is 6.92. The normalized spacial score (nSPS) is 13.1. The minimum absolute atomic E-state index is 0.107. The monoisotopic (exact) mass is 927 g/mol. The summed E-state index contributed by atoms with van der Waals surface area (Å²) >= 11 is 0. The van der Waals surface area contributed by atoms with Crippen molar-refractivity contribution in [3.63, 3.8) is 0 Å². The van der Waals surface area contributed by atoms with E-state index in [9.17, 15) is 14.4 Å². The van der Waals surface area contributed by atoms with Gasteiger partial charge < -0.3 is 14.2 Å². The van der Waals surface area contributed by atoms with Crippen LogP contribution < -0.4 is 0 Å². The first-order valence-corrected chi connectivity index (χ1v) is 27.0. The van der Waals surface area contributed by atoms with Crippen LogP contribution in [0.15, 0.2) is 122 Å². The van der Waals surface area contributed by atoms with E-state index in [1.165, 1.54) is 25.7 Å². The maximum atomic E-state index is 12.8. The molecule has 1 unspecified atom stereocenters. The lowest BCUT2D eigenvalue weighted by Crippen LogP contribution is -2.30. The summed E-state index contributed by atoms with van der Waals surface area (Å²) in [4.78, 5) is 38.1. The van der Waals surface area contributed by atoms with E-state index in [1.54, 1.807) is 0 Å². The van der Waals surface area contributed by atoms with Crippen molar-refractivity contribution in [1.82, 2.24) is 0 Å². The summed E-state index contributed by atoms with van der Waals surface area (Å²) in [5.74, 6) is -0.975. The van der Waals surface area contributed by atoms with Crippen LogP contribution in [0, 0.1) is 0 Å². The van der Waals surface area contributed by atoms with Gasteiger partial charge in [0.2, 0.25) is 0 Å². The number of hydrogen-bond donors (Lipinski definition) is 0. The highest BCUT2D eigenvalue weighted by Gasteiger charge is 2.19. The van der Waals surface area contributed by atoms with Crippen LogP contribution in [0.25, 0.3) is 0 Å². The topological polar surface area (TPSA) is 78.9 Å². The number of hydrogen-bond acceptors (Lipinski definition) is 6. The predicted octanol–water partition coefficient (Wildman–Crippen LogP) is 18.1. The Kier molecular flexibility index (Phi) is 51.0. The summed E-state index contributed by atoms with van der Waals surface area (Å²) in [7, 11) is 0. The fourth-order valence-corrected chi connectivity index (χ4v) is 6.92. The van der Waals surface area contributed by atoms with Gasteiger partial charge in [0.05, 0.1) is 0 Å². The van der Waals surface area contributed by atoms with Gasteiger partial charge in [-0.1, -0.05) is 200 Å². The molecular weight excluding hydrogens is 829 g/mol. The van der Waals surface area contributed by atoms with Gasteiger partial charge in [-0.25, -0.2) is 0 Å². The lowest BCUT2D eigenvalue weighted by Gasteiger charge is -2.18. The second kappa shape index (κ2) is 54.4. The van der Waals surface area contributed by atoms with Crippen LogP contribution >= 0.6 is 0 Å². The summed E-state index contributed by atoms with van der Waals surface area (Å²) in [5, 5.41) is 0. The van der Waals surface area contributed by atoms with Gasteiger partial charge in [-0.15, -0.1) is 0 Å². The van der Waals surface area contributed by atoms with E-state index in [0.29, 0.717) is 19.3 Å². The fraction of sp³-hybridized carbons (Fsp3) is 0.623. The van der Waals surface area contributed by atoms with Gasteiger partial charge in [0.1, 0.15) is 13.2 Å². The second-order valence-electron chi connectivity index (χ2n) is 17.4. The summed E-state index contributed by atoms with van der Waals surface area (Å²) in [6.07, 6.45) is 74.6. The highest BCUT2D eigenvalue weighted by Crippen LogP contribution is 2.13. The standard InChI is InChI=1S/C61H98O6/c1-4-7-10-13-16-19-22-25-28-29-30-31-34-36-39-42-45-48-51-54-60(63)66-57-58(67-61(64)55-52-49-46-43-40-37-33-27-24-21-18-15-12-9-6-3)56-65-59(62)53-50-47-44-41-38-35-32-26-23-20-17-14-11-8-5-2/h7,9-10,12,16-21,25-28,30-33,36,39,58H,4-6,8,11,13-15,22-24,29,34-35,37-38,40-57H2,1-3H3/b10-7-,12-9-,19-16-,20-17-,21-18-,28-25-,31-30-,32-26-,33-27-,39-36-. The summed E-state index contributed by atoms with van der Waals surface area (Å²) < 4.78 is 16.8. The number of carbonyl (C=O) groups is 3. The lowest BCUT2D eigenvalue weighted by atomic mass is 10.1. The molecule has 0 amide bonds. The van der Waals surface area contributed by atoms with Crippen LogP contribution in [0.5, 0.6) is 0 Å². The lowest BCUT2D eigenvalue weighted by molar-refractivity contribution is -0.167. The Morgan fingerprint density at radius 3 is 0.925 bits per heavy atom. The molecule has 0 aliphatic carbocycles. The molecule has 0 N–H and O–H groups in total. The molecule has 0 aromatic carbocycles. The number of esters is 3. The first kappa shape index (κ1) is 62.8. The first-order valence-electron chi connectivity index (χ1n) is 27.0. The van der Waals surface area contributed by atoms with Crippen LogP contribution in [-0.4, -0.2) is 37.2 Å². The van der Waals surface area contributed by atoms with E-state index in [-0.39, 0.29) is 31.1 Å². The Hall–Kier alpha value is -4.19. The minimum Gasteiger partial charge on any atom is -0.462 e. The van der Waals surface area contributed by atoms with Crippen molar-refractivity contribution in [3.05, 3.63) is 122 Å². The zero-order valence-electron chi connectivity index (χ0n) is 43.1. The van der Waals surface area contributed by atoms with Crippen molar-refractivity contribution in [1.29, 1.82) is 0 Å². The Labute approximate surface area is 412 Å². The average molecular weight is 927 g/mol. The molecular formula is C61H98O6. The quantitative estimate of drug-likeness (QED) is 0.0262. The van der Waals surface area contributed by atoms with E-state index < -0.39 is 6.10 Å². The number of allylic oxidation sites excluding steroid dienone is 20. The molecule has 0 aliphatic rings. The molecule has 0 saturated heterocycles. The molecule has 0 aromatic rings. The van der Waals surface area contributed by atoms with Gasteiger partial charge >= 0.3 is 17.9 Å². The smallest absolute Gasteiger partial charge is 0.306 e. The molecule has 0 heterocycles. The second-order valence-corrected chi connectivity index (χ2v) is 17.4. The van der Waals surface area contributed by atoms with Crippen molar-refractivity contribution in [2.45, 2.75) is 232 Å². The zero-order valence-corrected chi connectivity index (χ0v) is 43.1. The number of ether oxygens (including phenoxy) is 3. The van der Waals surface area contributed by atoms with Gasteiger partial charge in [-0.3, -0.25) is 14.4 Å². The van der Waals surface area contributed by atoms with Crippen molar-refractivity contribution in [2.75, 3.05) is 13.2 Å². The molecule has 0 spiro atoms. The van der Waals surface area contributed by atoms with Crippen molar-refractivity contribution >= 4 is 17.9 Å². The average Bonchev–Trinajstić information content (AvgIpc) is 3.33. The van der Waals surface area contributed by atoms with Gasteiger partial charge in [0.25, 0.3) is 0 Å². The number of rotatable bonds is 47. The molecule has 0 aromatic heterocycles. The molecule has 0 aliphatic heterocycles. The molecule has 378 valence electrons. The van der Waals surface area contributed by atoms with E-state index >= 15 is 0 Å². The SMILES string of the molecule is CC/C=C\C/C=C\C/C=C\C/C=C\C/C=C\CCCCCC(=O)OCC(COC(=O)CCCCCCC/C=C\C/C=C\CCCCC)OC(=O)CCCCCCC/C=C\C/C=C\C/C=C\CC. The van der Waals surface area contributed by atoms with Crippen molar-refractivity contribution < 1.29 is 28.6 Å². The molecule has 6 nitrogen and oxygen atoms in total. The largest absolute Gasteiger partial charge is 0.462 e. The molecule has 0 fully saturated rings. The van der Waals surface area contributed by atoms with E-state index in [1.807, 2.05) is 0 Å². The highest BCUT2D eigenvalue weighted by molar-refractivity contribution is 5.71. The molecule has 6 heteroatoms. The van der Waals surface area contributed by atoms with Crippen LogP contribution in [0.2, 0.25) is 0 Å².